The molecule has 0 aliphatic heterocycles. The summed E-state index contributed by atoms with van der Waals surface area (Å²) in [6, 6.07) is 14.1. The topological polar surface area (TPSA) is 88.0 Å². The number of hydrogen-bond acceptors (Lipinski definition) is 6. The number of aromatic nitrogens is 2. The highest BCUT2D eigenvalue weighted by molar-refractivity contribution is 7.23. The molecule has 4 aromatic rings. The number of nitrogens with one attached hydrogen (secondary N) is 2. The summed E-state index contributed by atoms with van der Waals surface area (Å²) < 4.78 is 8.58. The largest absolute Gasteiger partial charge is 0.444 e. The standard InChI is InChI=1S/C31H39N5O3S/c1-6-35(7-2)18-8-17-32-27(37)22-11-14-25-26(19-22)40-28-33-24(20-36(25)28)21-9-12-23(13-10-21)31(15-16-31)34-29(38)39-30(3,4)5/h9-14,19-20H,6-8,15-18H2,1-5H3,(H,32,37)(H,34,38). The molecule has 2 heterocycles. The van der Waals surface area contributed by atoms with E-state index in [9.17, 15) is 9.59 Å². The van der Waals surface area contributed by atoms with E-state index in [1.165, 1.54) is 0 Å². The summed E-state index contributed by atoms with van der Waals surface area (Å²) in [7, 11) is 0. The number of imidazole rings is 1. The second-order valence-corrected chi connectivity index (χ2v) is 12.5. The average molecular weight is 562 g/mol. The van der Waals surface area contributed by atoms with E-state index in [1.807, 2.05) is 45.2 Å². The predicted octanol–water partition coefficient (Wildman–Crippen LogP) is 6.19. The number of rotatable bonds is 10. The highest BCUT2D eigenvalue weighted by Crippen LogP contribution is 2.46. The van der Waals surface area contributed by atoms with Crippen molar-refractivity contribution in [3.63, 3.8) is 0 Å². The third kappa shape index (κ3) is 6.15. The third-order valence-corrected chi connectivity index (χ3v) is 8.43. The van der Waals surface area contributed by atoms with Crippen LogP contribution in [0.3, 0.4) is 0 Å². The Morgan fingerprint density at radius 3 is 2.48 bits per heavy atom. The van der Waals surface area contributed by atoms with Crippen molar-refractivity contribution < 1.29 is 14.3 Å². The number of amides is 2. The number of alkyl carbamates (subject to hydrolysis) is 1. The number of ether oxygens (including phenoxy) is 1. The monoisotopic (exact) mass is 561 g/mol. The predicted molar refractivity (Wildman–Crippen MR) is 161 cm³/mol. The van der Waals surface area contributed by atoms with E-state index in [4.69, 9.17) is 9.72 Å². The van der Waals surface area contributed by atoms with Crippen LogP contribution in [0, 0.1) is 0 Å². The third-order valence-electron chi connectivity index (χ3n) is 7.41. The van der Waals surface area contributed by atoms with Gasteiger partial charge in [0.05, 0.1) is 21.4 Å². The average Bonchev–Trinajstić information content (AvgIpc) is 3.44. The van der Waals surface area contributed by atoms with Crippen LogP contribution in [0.2, 0.25) is 0 Å². The fraction of sp³-hybridized carbons (Fsp3) is 0.452. The molecular formula is C31H39N5O3S. The molecule has 1 aliphatic rings. The molecule has 0 unspecified atom stereocenters. The summed E-state index contributed by atoms with van der Waals surface area (Å²) in [6.45, 7) is 13.6. The first-order chi connectivity index (χ1) is 19.1. The number of carbonyl (C=O) groups is 2. The second kappa shape index (κ2) is 11.2. The first-order valence-corrected chi connectivity index (χ1v) is 15.0. The van der Waals surface area contributed by atoms with Crippen LogP contribution in [0.25, 0.3) is 26.4 Å². The van der Waals surface area contributed by atoms with Crippen LogP contribution in [0.15, 0.2) is 48.7 Å². The lowest BCUT2D eigenvalue weighted by atomic mass is 10.0. The molecule has 0 atom stereocenters. The molecular weight excluding hydrogens is 522 g/mol. The maximum absolute atomic E-state index is 12.7. The summed E-state index contributed by atoms with van der Waals surface area (Å²) in [5, 5.41) is 6.11. The Morgan fingerprint density at radius 1 is 1.10 bits per heavy atom. The van der Waals surface area contributed by atoms with E-state index in [0.717, 1.165) is 70.9 Å². The minimum absolute atomic E-state index is 0.0390. The van der Waals surface area contributed by atoms with Gasteiger partial charge in [-0.2, -0.15) is 0 Å². The number of thiazole rings is 1. The van der Waals surface area contributed by atoms with Crippen molar-refractivity contribution >= 4 is 38.5 Å². The fourth-order valence-electron chi connectivity index (χ4n) is 5.00. The van der Waals surface area contributed by atoms with Gasteiger partial charge in [0.15, 0.2) is 4.96 Å². The lowest BCUT2D eigenvalue weighted by Gasteiger charge is -2.23. The van der Waals surface area contributed by atoms with E-state index in [2.05, 4.69) is 58.0 Å². The molecule has 1 aliphatic carbocycles. The van der Waals surface area contributed by atoms with E-state index < -0.39 is 5.60 Å². The van der Waals surface area contributed by atoms with Crippen molar-refractivity contribution in [3.05, 3.63) is 59.8 Å². The first kappa shape index (κ1) is 28.1. The van der Waals surface area contributed by atoms with E-state index in [1.54, 1.807) is 11.3 Å². The van der Waals surface area contributed by atoms with Crippen molar-refractivity contribution in [2.75, 3.05) is 26.2 Å². The van der Waals surface area contributed by atoms with Crippen LogP contribution < -0.4 is 10.6 Å². The number of benzene rings is 2. The van der Waals surface area contributed by atoms with Crippen LogP contribution in [0.1, 0.15) is 69.8 Å². The zero-order chi connectivity index (χ0) is 28.5. The molecule has 0 saturated heterocycles. The Kier molecular flexibility index (Phi) is 7.88. The number of fused-ring (bicyclic) bond motifs is 3. The zero-order valence-corrected chi connectivity index (χ0v) is 24.9. The normalized spacial score (nSPS) is 14.6. The molecule has 2 amide bonds. The van der Waals surface area contributed by atoms with Crippen molar-refractivity contribution in [2.45, 2.75) is 65.0 Å². The lowest BCUT2D eigenvalue weighted by molar-refractivity contribution is 0.0495. The molecule has 0 spiro atoms. The molecule has 5 rings (SSSR count). The van der Waals surface area contributed by atoms with Gasteiger partial charge in [-0.3, -0.25) is 9.20 Å². The number of nitrogens with zero attached hydrogens (tertiary/aromatic N) is 3. The minimum atomic E-state index is -0.527. The molecule has 1 saturated carbocycles. The zero-order valence-electron chi connectivity index (χ0n) is 24.0. The summed E-state index contributed by atoms with van der Waals surface area (Å²) in [5.41, 5.74) is 3.81. The molecule has 212 valence electrons. The van der Waals surface area contributed by atoms with E-state index >= 15 is 0 Å². The highest BCUT2D eigenvalue weighted by Gasteiger charge is 2.46. The molecule has 40 heavy (non-hydrogen) atoms. The van der Waals surface area contributed by atoms with Gasteiger partial charge >= 0.3 is 6.09 Å². The van der Waals surface area contributed by atoms with E-state index in [0.29, 0.717) is 12.1 Å². The van der Waals surface area contributed by atoms with Gasteiger partial charge in [0, 0.05) is 23.9 Å². The minimum Gasteiger partial charge on any atom is -0.444 e. The van der Waals surface area contributed by atoms with Crippen molar-refractivity contribution in [1.82, 2.24) is 24.9 Å². The van der Waals surface area contributed by atoms with Crippen LogP contribution in [0.4, 0.5) is 4.79 Å². The van der Waals surface area contributed by atoms with Crippen LogP contribution in [0.5, 0.6) is 0 Å². The fourth-order valence-corrected chi connectivity index (χ4v) is 6.04. The van der Waals surface area contributed by atoms with Gasteiger partial charge in [-0.15, -0.1) is 0 Å². The summed E-state index contributed by atoms with van der Waals surface area (Å²) in [5.74, 6) is -0.0390. The summed E-state index contributed by atoms with van der Waals surface area (Å²) in [4.78, 5) is 33.2. The second-order valence-electron chi connectivity index (χ2n) is 11.5. The van der Waals surface area contributed by atoms with Crippen molar-refractivity contribution in [2.24, 2.45) is 0 Å². The van der Waals surface area contributed by atoms with Gasteiger partial charge in [-0.1, -0.05) is 49.4 Å². The first-order valence-electron chi connectivity index (χ1n) is 14.1. The lowest BCUT2D eigenvalue weighted by Crippen LogP contribution is -2.39. The molecule has 0 bridgehead atoms. The number of hydrogen-bond donors (Lipinski definition) is 2. The van der Waals surface area contributed by atoms with Gasteiger partial charge < -0.3 is 20.3 Å². The summed E-state index contributed by atoms with van der Waals surface area (Å²) >= 11 is 1.58. The Hall–Kier alpha value is -3.43. The highest BCUT2D eigenvalue weighted by atomic mass is 32.1. The maximum Gasteiger partial charge on any atom is 0.408 e. The number of carbonyl (C=O) groups excluding carboxylic acids is 2. The van der Waals surface area contributed by atoms with Gasteiger partial charge in [0.1, 0.15) is 5.60 Å². The van der Waals surface area contributed by atoms with Crippen LogP contribution in [-0.4, -0.2) is 58.1 Å². The van der Waals surface area contributed by atoms with Gasteiger partial charge in [0.25, 0.3) is 5.91 Å². The van der Waals surface area contributed by atoms with Crippen LogP contribution in [-0.2, 0) is 10.3 Å². The molecule has 8 nitrogen and oxygen atoms in total. The molecule has 9 heteroatoms. The van der Waals surface area contributed by atoms with Gasteiger partial charge in [-0.05, 0) is 83.4 Å². The van der Waals surface area contributed by atoms with Gasteiger partial charge in [0.2, 0.25) is 0 Å². The molecule has 1 fully saturated rings. The quantitative estimate of drug-likeness (QED) is 0.225. The Labute approximate surface area is 239 Å². The van der Waals surface area contributed by atoms with Crippen molar-refractivity contribution in [3.8, 4) is 11.3 Å². The SMILES string of the molecule is CCN(CC)CCCNC(=O)c1ccc2c(c1)sc1nc(-c3ccc(C4(NC(=O)OC(C)(C)C)CC4)cc3)cn12. The summed E-state index contributed by atoms with van der Waals surface area (Å²) in [6.07, 6.45) is 4.39. The van der Waals surface area contributed by atoms with Crippen molar-refractivity contribution in [1.29, 1.82) is 0 Å². The molecule has 2 aromatic carbocycles. The molecule has 0 radical (unpaired) electrons. The van der Waals surface area contributed by atoms with E-state index in [-0.39, 0.29) is 17.5 Å². The van der Waals surface area contributed by atoms with Crippen LogP contribution >= 0.6 is 11.3 Å². The Morgan fingerprint density at radius 2 is 1.82 bits per heavy atom. The Balaban J connectivity index is 1.25. The molecule has 2 aromatic heterocycles. The smallest absolute Gasteiger partial charge is 0.408 e. The van der Waals surface area contributed by atoms with Gasteiger partial charge in [-0.25, -0.2) is 9.78 Å². The molecule has 2 N–H and O–H groups in total. The Bertz CT molecular complexity index is 1510. The maximum atomic E-state index is 12.7.